The molecule has 0 atom stereocenters. The van der Waals surface area contributed by atoms with Crippen molar-refractivity contribution in [1.82, 2.24) is 15.0 Å². The van der Waals surface area contributed by atoms with Gasteiger partial charge in [-0.2, -0.15) is 15.0 Å². The number of nitrogens with one attached hydrogen (secondary N) is 2. The molecule has 1 fully saturated rings. The van der Waals surface area contributed by atoms with Crippen LogP contribution in [0.3, 0.4) is 0 Å². The van der Waals surface area contributed by atoms with Gasteiger partial charge in [0.15, 0.2) is 5.78 Å². The van der Waals surface area contributed by atoms with Crippen LogP contribution in [0, 0.1) is 6.92 Å². The number of carbonyl (C=O) groups is 1. The number of carbonyl (C=O) groups excluding carboxylic acids is 1. The Hall–Kier alpha value is -3.23. The summed E-state index contributed by atoms with van der Waals surface area (Å²) in [4.78, 5) is 27.5. The molecule has 0 spiro atoms. The number of halogens is 1. The largest absolute Gasteiger partial charge is 0.378 e. The Bertz CT molecular complexity index is 1040. The maximum atomic E-state index is 11.7. The molecule has 0 unspecified atom stereocenters. The SMILES string of the molecule is CC(=O)c1cccc(Nc2nc(Nc3ccc(C)cc3)nc(N3CCOCC3)n2)c1.Cl. The predicted molar refractivity (Wildman–Crippen MR) is 124 cm³/mol. The summed E-state index contributed by atoms with van der Waals surface area (Å²) >= 11 is 0. The van der Waals surface area contributed by atoms with E-state index in [4.69, 9.17) is 4.74 Å². The first kappa shape index (κ1) is 22.5. The maximum absolute atomic E-state index is 11.7. The smallest absolute Gasteiger partial charge is 0.233 e. The van der Waals surface area contributed by atoms with Crippen LogP contribution in [0.4, 0.5) is 29.2 Å². The van der Waals surface area contributed by atoms with Crippen LogP contribution in [0.1, 0.15) is 22.8 Å². The Labute approximate surface area is 187 Å². The van der Waals surface area contributed by atoms with Crippen LogP contribution in [0.15, 0.2) is 48.5 Å². The van der Waals surface area contributed by atoms with Crippen molar-refractivity contribution in [1.29, 1.82) is 0 Å². The van der Waals surface area contributed by atoms with E-state index in [2.05, 4.69) is 30.5 Å². The summed E-state index contributed by atoms with van der Waals surface area (Å²) in [7, 11) is 0. The number of aryl methyl sites for hydroxylation is 1. The molecule has 1 aliphatic rings. The van der Waals surface area contributed by atoms with Gasteiger partial charge >= 0.3 is 0 Å². The number of hydrogen-bond donors (Lipinski definition) is 2. The van der Waals surface area contributed by atoms with Crippen molar-refractivity contribution < 1.29 is 9.53 Å². The molecule has 2 N–H and O–H groups in total. The lowest BCUT2D eigenvalue weighted by molar-refractivity contribution is 0.101. The Morgan fingerprint density at radius 1 is 0.935 bits per heavy atom. The summed E-state index contributed by atoms with van der Waals surface area (Å²) in [5.41, 5.74) is 3.44. The zero-order chi connectivity index (χ0) is 20.9. The quantitative estimate of drug-likeness (QED) is 0.553. The molecule has 9 heteroatoms. The van der Waals surface area contributed by atoms with Crippen LogP contribution < -0.4 is 15.5 Å². The van der Waals surface area contributed by atoms with E-state index in [1.807, 2.05) is 43.3 Å². The molecule has 0 aliphatic carbocycles. The third kappa shape index (κ3) is 5.90. The second-order valence-electron chi connectivity index (χ2n) is 7.14. The van der Waals surface area contributed by atoms with Crippen LogP contribution in [-0.2, 0) is 4.74 Å². The average Bonchev–Trinajstić information content (AvgIpc) is 2.76. The second kappa shape index (κ2) is 10.2. The van der Waals surface area contributed by atoms with Crippen molar-refractivity contribution >= 4 is 47.4 Å². The third-order valence-electron chi connectivity index (χ3n) is 4.75. The van der Waals surface area contributed by atoms with E-state index >= 15 is 0 Å². The van der Waals surface area contributed by atoms with Gasteiger partial charge in [0.25, 0.3) is 0 Å². The highest BCUT2D eigenvalue weighted by molar-refractivity contribution is 5.95. The fraction of sp³-hybridized carbons (Fsp3) is 0.273. The van der Waals surface area contributed by atoms with Gasteiger partial charge in [0, 0.05) is 30.0 Å². The van der Waals surface area contributed by atoms with E-state index in [0.717, 1.165) is 11.4 Å². The number of rotatable bonds is 6. The van der Waals surface area contributed by atoms with Gasteiger partial charge in [0.2, 0.25) is 17.8 Å². The lowest BCUT2D eigenvalue weighted by Crippen LogP contribution is -2.37. The van der Waals surface area contributed by atoms with Crippen LogP contribution in [0.2, 0.25) is 0 Å². The van der Waals surface area contributed by atoms with E-state index < -0.39 is 0 Å². The van der Waals surface area contributed by atoms with Gasteiger partial charge in [0.1, 0.15) is 0 Å². The molecule has 1 saturated heterocycles. The summed E-state index contributed by atoms with van der Waals surface area (Å²) in [6, 6.07) is 15.3. The minimum absolute atomic E-state index is 0. The van der Waals surface area contributed by atoms with Gasteiger partial charge in [-0.25, -0.2) is 0 Å². The lowest BCUT2D eigenvalue weighted by Gasteiger charge is -2.27. The topological polar surface area (TPSA) is 92.3 Å². The number of morpholine rings is 1. The van der Waals surface area contributed by atoms with Gasteiger partial charge < -0.3 is 20.3 Å². The van der Waals surface area contributed by atoms with E-state index in [9.17, 15) is 4.79 Å². The fourth-order valence-corrected chi connectivity index (χ4v) is 3.09. The Morgan fingerprint density at radius 3 is 2.23 bits per heavy atom. The van der Waals surface area contributed by atoms with Crippen molar-refractivity contribution in [2.75, 3.05) is 41.8 Å². The van der Waals surface area contributed by atoms with Gasteiger partial charge in [0.05, 0.1) is 13.2 Å². The first-order chi connectivity index (χ1) is 14.6. The first-order valence-corrected chi connectivity index (χ1v) is 9.87. The summed E-state index contributed by atoms with van der Waals surface area (Å²) < 4.78 is 5.44. The monoisotopic (exact) mass is 440 g/mol. The molecule has 3 aromatic rings. The molecule has 31 heavy (non-hydrogen) atoms. The highest BCUT2D eigenvalue weighted by Gasteiger charge is 2.17. The molecule has 0 radical (unpaired) electrons. The summed E-state index contributed by atoms with van der Waals surface area (Å²) in [5, 5.41) is 6.45. The molecule has 2 aromatic carbocycles. The molecular weight excluding hydrogens is 416 g/mol. The highest BCUT2D eigenvalue weighted by Crippen LogP contribution is 2.22. The zero-order valence-electron chi connectivity index (χ0n) is 17.5. The van der Waals surface area contributed by atoms with Crippen molar-refractivity contribution in [2.45, 2.75) is 13.8 Å². The molecule has 0 amide bonds. The molecular formula is C22H25ClN6O2. The molecule has 1 aliphatic heterocycles. The summed E-state index contributed by atoms with van der Waals surface area (Å²) in [6.45, 7) is 6.29. The Balaban J connectivity index is 0.00000272. The van der Waals surface area contributed by atoms with Crippen LogP contribution in [0.25, 0.3) is 0 Å². The molecule has 0 bridgehead atoms. The number of nitrogens with zero attached hydrogens (tertiary/aromatic N) is 4. The first-order valence-electron chi connectivity index (χ1n) is 9.87. The Kier molecular flexibility index (Phi) is 7.38. The van der Waals surface area contributed by atoms with Gasteiger partial charge in [-0.15, -0.1) is 12.4 Å². The zero-order valence-corrected chi connectivity index (χ0v) is 18.3. The maximum Gasteiger partial charge on any atom is 0.233 e. The normalized spacial score (nSPS) is 13.3. The predicted octanol–water partition coefficient (Wildman–Crippen LogP) is 4.13. The Morgan fingerprint density at radius 2 is 1.58 bits per heavy atom. The van der Waals surface area contributed by atoms with Crippen molar-refractivity contribution in [3.63, 3.8) is 0 Å². The lowest BCUT2D eigenvalue weighted by atomic mass is 10.1. The van der Waals surface area contributed by atoms with E-state index in [1.54, 1.807) is 19.1 Å². The number of ether oxygens (including phenoxy) is 1. The number of anilines is 5. The molecule has 162 valence electrons. The molecule has 8 nitrogen and oxygen atoms in total. The van der Waals surface area contributed by atoms with Gasteiger partial charge in [-0.3, -0.25) is 4.79 Å². The highest BCUT2D eigenvalue weighted by atomic mass is 35.5. The fourth-order valence-electron chi connectivity index (χ4n) is 3.09. The minimum Gasteiger partial charge on any atom is -0.378 e. The number of ketones is 1. The number of aromatic nitrogens is 3. The van der Waals surface area contributed by atoms with Crippen molar-refractivity contribution in [3.05, 3.63) is 59.7 Å². The van der Waals surface area contributed by atoms with Gasteiger partial charge in [-0.1, -0.05) is 29.8 Å². The molecule has 1 aromatic heterocycles. The number of hydrogen-bond acceptors (Lipinski definition) is 8. The summed E-state index contributed by atoms with van der Waals surface area (Å²) in [5.74, 6) is 1.43. The van der Waals surface area contributed by atoms with E-state index in [-0.39, 0.29) is 18.2 Å². The van der Waals surface area contributed by atoms with Crippen LogP contribution in [-0.4, -0.2) is 47.0 Å². The molecule has 2 heterocycles. The van der Waals surface area contributed by atoms with Crippen LogP contribution in [0.5, 0.6) is 0 Å². The molecule has 0 saturated carbocycles. The second-order valence-corrected chi connectivity index (χ2v) is 7.14. The summed E-state index contributed by atoms with van der Waals surface area (Å²) in [6.07, 6.45) is 0. The number of Topliss-reactive ketones (excluding diaryl/α,β-unsaturated/α-hetero) is 1. The minimum atomic E-state index is 0. The van der Waals surface area contributed by atoms with E-state index in [1.165, 1.54) is 5.56 Å². The average molecular weight is 441 g/mol. The standard InChI is InChI=1S/C22H24N6O2.ClH/c1-15-6-8-18(9-7-15)23-20-25-21(24-19-5-3-4-17(14-19)16(2)29)27-22(26-20)28-10-12-30-13-11-28;/h3-9,14H,10-13H2,1-2H3,(H2,23,24,25,26,27);1H. The van der Waals surface area contributed by atoms with Crippen molar-refractivity contribution in [3.8, 4) is 0 Å². The third-order valence-corrected chi connectivity index (χ3v) is 4.75. The number of benzene rings is 2. The van der Waals surface area contributed by atoms with Gasteiger partial charge in [-0.05, 0) is 38.1 Å². The molecule has 4 rings (SSSR count). The van der Waals surface area contributed by atoms with E-state index in [0.29, 0.717) is 49.7 Å². The van der Waals surface area contributed by atoms with Crippen molar-refractivity contribution in [2.24, 2.45) is 0 Å². The van der Waals surface area contributed by atoms with Crippen LogP contribution >= 0.6 is 12.4 Å².